The normalized spacial score (nSPS) is 10.3. The molecule has 4 N–H and O–H groups in total. The van der Waals surface area contributed by atoms with Crippen molar-refractivity contribution in [3.8, 4) is 0 Å². The molecule has 0 aliphatic carbocycles. The number of methoxy groups -OCH3 is 1. The van der Waals surface area contributed by atoms with Gasteiger partial charge in [-0.2, -0.15) is 0 Å². The van der Waals surface area contributed by atoms with Gasteiger partial charge in [0.15, 0.2) is 0 Å². The molecule has 0 heterocycles. The summed E-state index contributed by atoms with van der Waals surface area (Å²) in [5.74, 6) is -0.170. The highest BCUT2D eigenvalue weighted by atomic mass is 16.5. The van der Waals surface area contributed by atoms with E-state index in [1.165, 1.54) is 0 Å². The minimum absolute atomic E-state index is 0.00730. The summed E-state index contributed by atoms with van der Waals surface area (Å²) in [6, 6.07) is 5.09. The quantitative estimate of drug-likeness (QED) is 0.609. The second-order valence-electron chi connectivity index (χ2n) is 4.06. The average Bonchev–Trinajstić information content (AvgIpc) is 2.43. The smallest absolute Gasteiger partial charge is 0.251 e. The monoisotopic (exact) mass is 267 g/mol. The zero-order valence-corrected chi connectivity index (χ0v) is 11.3. The minimum atomic E-state index is -0.170. The van der Waals surface area contributed by atoms with Crippen molar-refractivity contribution in [2.75, 3.05) is 51.1 Å². The number of amides is 1. The van der Waals surface area contributed by atoms with Gasteiger partial charge in [0, 0.05) is 32.8 Å². The maximum absolute atomic E-state index is 11.6. The van der Waals surface area contributed by atoms with Crippen LogP contribution in [0.1, 0.15) is 10.4 Å². The lowest BCUT2D eigenvalue weighted by Gasteiger charge is -2.25. The predicted molar refractivity (Wildman–Crippen MR) is 75.4 cm³/mol. The summed E-state index contributed by atoms with van der Waals surface area (Å²) in [6.07, 6.45) is 0. The highest BCUT2D eigenvalue weighted by molar-refractivity contribution is 5.96. The van der Waals surface area contributed by atoms with Gasteiger partial charge in [-0.3, -0.25) is 4.79 Å². The van der Waals surface area contributed by atoms with Crippen molar-refractivity contribution in [2.45, 2.75) is 0 Å². The van der Waals surface area contributed by atoms with Crippen LogP contribution in [0.4, 0.5) is 11.4 Å². The van der Waals surface area contributed by atoms with Crippen molar-refractivity contribution in [3.05, 3.63) is 23.8 Å². The Morgan fingerprint density at radius 2 is 2.21 bits per heavy atom. The third kappa shape index (κ3) is 4.11. The number of carbonyl (C=O) groups is 1. The summed E-state index contributed by atoms with van der Waals surface area (Å²) in [5, 5.41) is 11.7. The number of nitrogens with two attached hydrogens (primary N) is 1. The van der Waals surface area contributed by atoms with Gasteiger partial charge in [-0.25, -0.2) is 0 Å². The van der Waals surface area contributed by atoms with E-state index >= 15 is 0 Å². The summed E-state index contributed by atoms with van der Waals surface area (Å²) in [5.41, 5.74) is 7.77. The van der Waals surface area contributed by atoms with E-state index < -0.39 is 0 Å². The molecule has 1 amide bonds. The standard InChI is InChI=1S/C13H21N3O3/c1-15-13(18)10-3-4-11(14)12(9-10)16(5-7-17)6-8-19-2/h3-4,9,17H,5-8,14H2,1-2H3,(H,15,18). The molecule has 0 atom stereocenters. The number of nitrogens with zero attached hydrogens (tertiary/aromatic N) is 1. The van der Waals surface area contributed by atoms with E-state index in [4.69, 9.17) is 15.6 Å². The molecule has 1 rings (SSSR count). The lowest BCUT2D eigenvalue weighted by Crippen LogP contribution is -2.31. The lowest BCUT2D eigenvalue weighted by molar-refractivity contribution is 0.0963. The number of hydrogen-bond donors (Lipinski definition) is 3. The Labute approximate surface area is 113 Å². The van der Waals surface area contributed by atoms with Crippen LogP contribution in [-0.4, -0.2) is 51.5 Å². The number of carbonyl (C=O) groups excluding carboxylic acids is 1. The Bertz CT molecular complexity index is 424. The van der Waals surface area contributed by atoms with Gasteiger partial charge < -0.3 is 25.8 Å². The Morgan fingerprint density at radius 1 is 1.47 bits per heavy atom. The molecule has 0 saturated carbocycles. The van der Waals surface area contributed by atoms with Crippen LogP contribution in [0.5, 0.6) is 0 Å². The SMILES string of the molecule is CNC(=O)c1ccc(N)c(N(CCO)CCOC)c1. The number of nitrogens with one attached hydrogen (secondary N) is 1. The van der Waals surface area contributed by atoms with Crippen molar-refractivity contribution < 1.29 is 14.6 Å². The number of benzene rings is 1. The summed E-state index contributed by atoms with van der Waals surface area (Å²) >= 11 is 0. The molecule has 0 aliphatic rings. The third-order valence-corrected chi connectivity index (χ3v) is 2.80. The van der Waals surface area contributed by atoms with Crippen molar-refractivity contribution >= 4 is 17.3 Å². The van der Waals surface area contributed by atoms with Crippen LogP contribution in [0.25, 0.3) is 0 Å². The Morgan fingerprint density at radius 3 is 2.79 bits per heavy atom. The molecule has 0 unspecified atom stereocenters. The Kier molecular flexibility index (Phi) is 6.11. The zero-order valence-electron chi connectivity index (χ0n) is 11.3. The molecular formula is C13H21N3O3. The van der Waals surface area contributed by atoms with E-state index in [9.17, 15) is 4.79 Å². The molecule has 1 aromatic carbocycles. The van der Waals surface area contributed by atoms with Crippen LogP contribution in [0, 0.1) is 0 Å². The van der Waals surface area contributed by atoms with Gasteiger partial charge in [0.05, 0.1) is 24.6 Å². The molecule has 0 fully saturated rings. The van der Waals surface area contributed by atoms with Gasteiger partial charge in [0.1, 0.15) is 0 Å². The summed E-state index contributed by atoms with van der Waals surface area (Å²) < 4.78 is 5.04. The first-order valence-corrected chi connectivity index (χ1v) is 6.10. The van der Waals surface area contributed by atoms with Crippen LogP contribution >= 0.6 is 0 Å². The Hall–Kier alpha value is -1.79. The predicted octanol–water partition coefficient (Wildman–Crippen LogP) is 0.0735. The number of hydrogen-bond acceptors (Lipinski definition) is 5. The highest BCUT2D eigenvalue weighted by Gasteiger charge is 2.12. The Balaban J connectivity index is 3.02. The molecule has 0 saturated heterocycles. The molecule has 0 aromatic heterocycles. The van der Waals surface area contributed by atoms with Crippen molar-refractivity contribution in [2.24, 2.45) is 0 Å². The van der Waals surface area contributed by atoms with Gasteiger partial charge in [-0.1, -0.05) is 0 Å². The summed E-state index contributed by atoms with van der Waals surface area (Å²) in [6.45, 7) is 1.56. The molecule has 6 nitrogen and oxygen atoms in total. The number of rotatable bonds is 7. The van der Waals surface area contributed by atoms with Crippen molar-refractivity contribution in [1.82, 2.24) is 5.32 Å². The summed E-state index contributed by atoms with van der Waals surface area (Å²) in [4.78, 5) is 13.5. The van der Waals surface area contributed by atoms with Gasteiger partial charge >= 0.3 is 0 Å². The molecule has 6 heteroatoms. The molecular weight excluding hydrogens is 246 g/mol. The molecule has 0 spiro atoms. The van der Waals surface area contributed by atoms with E-state index in [1.54, 1.807) is 32.4 Å². The number of anilines is 2. The molecule has 0 radical (unpaired) electrons. The third-order valence-electron chi connectivity index (χ3n) is 2.80. The largest absolute Gasteiger partial charge is 0.397 e. The first-order valence-electron chi connectivity index (χ1n) is 6.10. The maximum atomic E-state index is 11.6. The fourth-order valence-electron chi connectivity index (χ4n) is 1.78. The number of nitrogen functional groups attached to an aromatic ring is 1. The van der Waals surface area contributed by atoms with Crippen LogP contribution in [0.3, 0.4) is 0 Å². The molecule has 106 valence electrons. The molecule has 0 aliphatic heterocycles. The van der Waals surface area contributed by atoms with Gasteiger partial charge in [0.2, 0.25) is 0 Å². The maximum Gasteiger partial charge on any atom is 0.251 e. The molecule has 0 bridgehead atoms. The topological polar surface area (TPSA) is 87.8 Å². The first-order chi connectivity index (χ1) is 9.13. The van der Waals surface area contributed by atoms with Gasteiger partial charge in [0.25, 0.3) is 5.91 Å². The zero-order chi connectivity index (χ0) is 14.3. The average molecular weight is 267 g/mol. The summed E-state index contributed by atoms with van der Waals surface area (Å²) in [7, 11) is 3.19. The van der Waals surface area contributed by atoms with E-state index in [0.29, 0.717) is 30.9 Å². The highest BCUT2D eigenvalue weighted by Crippen LogP contribution is 2.24. The number of ether oxygens (including phenoxy) is 1. The van der Waals surface area contributed by atoms with E-state index in [1.807, 2.05) is 4.90 Å². The first kappa shape index (κ1) is 15.3. The van der Waals surface area contributed by atoms with Gasteiger partial charge in [-0.05, 0) is 18.2 Å². The lowest BCUT2D eigenvalue weighted by atomic mass is 10.1. The van der Waals surface area contributed by atoms with Crippen molar-refractivity contribution in [3.63, 3.8) is 0 Å². The van der Waals surface area contributed by atoms with E-state index in [-0.39, 0.29) is 12.5 Å². The fraction of sp³-hybridized carbons (Fsp3) is 0.462. The van der Waals surface area contributed by atoms with E-state index in [0.717, 1.165) is 5.69 Å². The van der Waals surface area contributed by atoms with Crippen molar-refractivity contribution in [1.29, 1.82) is 0 Å². The molecule has 1 aromatic rings. The molecule has 19 heavy (non-hydrogen) atoms. The number of aliphatic hydroxyl groups excluding tert-OH is 1. The van der Waals surface area contributed by atoms with Crippen LogP contribution in [-0.2, 0) is 4.74 Å². The van der Waals surface area contributed by atoms with Crippen LogP contribution in [0.2, 0.25) is 0 Å². The second kappa shape index (κ2) is 7.60. The fourth-order valence-corrected chi connectivity index (χ4v) is 1.78. The minimum Gasteiger partial charge on any atom is -0.397 e. The van der Waals surface area contributed by atoms with Crippen LogP contribution < -0.4 is 16.0 Å². The second-order valence-corrected chi connectivity index (χ2v) is 4.06. The number of aliphatic hydroxyl groups is 1. The van der Waals surface area contributed by atoms with Gasteiger partial charge in [-0.15, -0.1) is 0 Å². The van der Waals surface area contributed by atoms with E-state index in [2.05, 4.69) is 5.32 Å². The van der Waals surface area contributed by atoms with Crippen LogP contribution in [0.15, 0.2) is 18.2 Å².